The Morgan fingerprint density at radius 2 is 1.61 bits per heavy atom. The Labute approximate surface area is 181 Å². The van der Waals surface area contributed by atoms with Crippen LogP contribution in [0, 0.1) is 10.1 Å². The van der Waals surface area contributed by atoms with Gasteiger partial charge in [-0.2, -0.15) is 4.99 Å². The second-order valence-corrected chi connectivity index (χ2v) is 7.74. The minimum absolute atomic E-state index is 0.00597. The number of non-ortho nitro benzene ring substituents is 1. The molecule has 0 N–H and O–H groups in total. The van der Waals surface area contributed by atoms with Crippen LogP contribution in [-0.2, 0) is 6.54 Å². The van der Waals surface area contributed by atoms with E-state index in [-0.39, 0.29) is 11.5 Å². The Morgan fingerprint density at radius 3 is 2.26 bits per heavy atom. The number of nitro benzene ring substituents is 1. The van der Waals surface area contributed by atoms with Crippen molar-refractivity contribution in [1.82, 2.24) is 4.57 Å². The summed E-state index contributed by atoms with van der Waals surface area (Å²) in [6.45, 7) is 2.48. The number of amides is 1. The monoisotopic (exact) mass is 431 g/mol. The molecule has 1 heterocycles. The normalized spacial score (nSPS) is 11.6. The molecule has 0 saturated carbocycles. The van der Waals surface area contributed by atoms with E-state index in [1.54, 1.807) is 54.6 Å². The number of carbonyl (C=O) groups is 2. The molecular formula is C23H17N3O4S. The summed E-state index contributed by atoms with van der Waals surface area (Å²) < 4.78 is 2.53. The van der Waals surface area contributed by atoms with Gasteiger partial charge in [-0.15, -0.1) is 0 Å². The zero-order chi connectivity index (χ0) is 22.0. The molecule has 0 radical (unpaired) electrons. The van der Waals surface area contributed by atoms with Crippen molar-refractivity contribution in [2.45, 2.75) is 13.5 Å². The number of thiazole rings is 1. The van der Waals surface area contributed by atoms with Gasteiger partial charge in [0.1, 0.15) is 0 Å². The Kier molecular flexibility index (Phi) is 5.55. The SMILES string of the molecule is CCn1c(=NC(=O)c2ccc(C(=O)c3ccccc3)cc2)sc2cc([N+](=O)[O-])ccc21. The lowest BCUT2D eigenvalue weighted by Gasteiger charge is -2.02. The molecule has 31 heavy (non-hydrogen) atoms. The maximum atomic E-state index is 12.7. The highest BCUT2D eigenvalue weighted by molar-refractivity contribution is 7.16. The van der Waals surface area contributed by atoms with Gasteiger partial charge in [0.25, 0.3) is 11.6 Å². The van der Waals surface area contributed by atoms with E-state index in [4.69, 9.17) is 0 Å². The molecule has 8 heteroatoms. The van der Waals surface area contributed by atoms with E-state index < -0.39 is 10.8 Å². The number of aryl methyl sites for hydroxylation is 1. The zero-order valence-electron chi connectivity index (χ0n) is 16.5. The van der Waals surface area contributed by atoms with E-state index in [2.05, 4.69) is 4.99 Å². The third-order valence-electron chi connectivity index (χ3n) is 4.82. The van der Waals surface area contributed by atoms with Crippen LogP contribution in [0.25, 0.3) is 10.2 Å². The number of benzene rings is 3. The Balaban J connectivity index is 1.66. The molecule has 7 nitrogen and oxygen atoms in total. The lowest BCUT2D eigenvalue weighted by molar-refractivity contribution is -0.384. The molecule has 154 valence electrons. The first-order valence-corrected chi connectivity index (χ1v) is 10.4. The number of hydrogen-bond donors (Lipinski definition) is 0. The average molecular weight is 431 g/mol. The van der Waals surface area contributed by atoms with Gasteiger partial charge in [-0.05, 0) is 25.1 Å². The molecule has 1 aromatic heterocycles. The molecule has 4 rings (SSSR count). The zero-order valence-corrected chi connectivity index (χ0v) is 17.3. The molecule has 0 aliphatic carbocycles. The van der Waals surface area contributed by atoms with Crippen LogP contribution in [0.2, 0.25) is 0 Å². The Bertz CT molecular complexity index is 1370. The van der Waals surface area contributed by atoms with Crippen LogP contribution in [-0.4, -0.2) is 21.2 Å². The Hall–Kier alpha value is -3.91. The molecule has 1 amide bonds. The van der Waals surface area contributed by atoms with Crippen molar-refractivity contribution >= 4 is 38.9 Å². The van der Waals surface area contributed by atoms with Gasteiger partial charge in [0.2, 0.25) is 0 Å². The molecular weight excluding hydrogens is 414 g/mol. The third-order valence-corrected chi connectivity index (χ3v) is 5.86. The summed E-state index contributed by atoms with van der Waals surface area (Å²) in [6, 6.07) is 19.9. The van der Waals surface area contributed by atoms with Crippen molar-refractivity contribution in [2.75, 3.05) is 0 Å². The highest BCUT2D eigenvalue weighted by Gasteiger charge is 2.13. The maximum Gasteiger partial charge on any atom is 0.279 e. The van der Waals surface area contributed by atoms with Gasteiger partial charge in [0.05, 0.1) is 15.1 Å². The summed E-state index contributed by atoms with van der Waals surface area (Å²) in [7, 11) is 0. The van der Waals surface area contributed by atoms with Gasteiger partial charge in [-0.1, -0.05) is 53.8 Å². The van der Waals surface area contributed by atoms with E-state index in [1.165, 1.54) is 23.5 Å². The summed E-state index contributed by atoms with van der Waals surface area (Å²) in [5, 5.41) is 11.0. The van der Waals surface area contributed by atoms with Gasteiger partial charge in [0.15, 0.2) is 10.6 Å². The quantitative estimate of drug-likeness (QED) is 0.262. The van der Waals surface area contributed by atoms with E-state index in [9.17, 15) is 19.7 Å². The molecule has 0 spiro atoms. The van der Waals surface area contributed by atoms with E-state index in [1.807, 2.05) is 17.6 Å². The number of fused-ring (bicyclic) bond motifs is 1. The van der Waals surface area contributed by atoms with Gasteiger partial charge in [-0.25, -0.2) is 0 Å². The number of nitrogens with zero attached hydrogens (tertiary/aromatic N) is 3. The van der Waals surface area contributed by atoms with Crippen molar-refractivity contribution < 1.29 is 14.5 Å². The topological polar surface area (TPSA) is 94.6 Å². The van der Waals surface area contributed by atoms with Gasteiger partial charge in [-0.3, -0.25) is 19.7 Å². The fourth-order valence-corrected chi connectivity index (χ4v) is 4.36. The largest absolute Gasteiger partial charge is 0.317 e. The van der Waals surface area contributed by atoms with Gasteiger partial charge < -0.3 is 4.57 Å². The second kappa shape index (κ2) is 8.45. The van der Waals surface area contributed by atoms with Crippen LogP contribution in [0.1, 0.15) is 33.2 Å². The van der Waals surface area contributed by atoms with Crippen molar-refractivity contribution in [3.8, 4) is 0 Å². The number of rotatable bonds is 5. The molecule has 0 aliphatic rings. The van der Waals surface area contributed by atoms with Crippen molar-refractivity contribution in [3.05, 3.63) is 104 Å². The first-order valence-electron chi connectivity index (χ1n) is 9.54. The smallest absolute Gasteiger partial charge is 0.279 e. The number of aromatic nitrogens is 1. The molecule has 0 unspecified atom stereocenters. The summed E-state index contributed by atoms with van der Waals surface area (Å²) >= 11 is 1.23. The standard InChI is InChI=1S/C23H17N3O4S/c1-2-25-19-13-12-18(26(29)30)14-20(19)31-23(25)24-22(28)17-10-8-16(9-11-17)21(27)15-6-4-3-5-7-15/h3-14H,2H2,1H3. The minimum Gasteiger partial charge on any atom is -0.317 e. The molecule has 0 fully saturated rings. The highest BCUT2D eigenvalue weighted by Crippen LogP contribution is 2.23. The molecule has 0 saturated heterocycles. The Morgan fingerprint density at radius 1 is 0.968 bits per heavy atom. The van der Waals surface area contributed by atoms with Crippen LogP contribution in [0.4, 0.5) is 5.69 Å². The number of carbonyl (C=O) groups excluding carboxylic acids is 2. The van der Waals surface area contributed by atoms with Crippen molar-refractivity contribution in [1.29, 1.82) is 0 Å². The number of hydrogen-bond acceptors (Lipinski definition) is 5. The fourth-order valence-electron chi connectivity index (χ4n) is 3.24. The summed E-state index contributed by atoms with van der Waals surface area (Å²) in [5.74, 6) is -0.562. The van der Waals surface area contributed by atoms with Gasteiger partial charge in [0, 0.05) is 35.4 Å². The summed E-state index contributed by atoms with van der Waals surface area (Å²) in [4.78, 5) is 40.5. The molecule has 0 aliphatic heterocycles. The first-order chi connectivity index (χ1) is 15.0. The fraction of sp³-hybridized carbons (Fsp3) is 0.0870. The minimum atomic E-state index is -0.449. The molecule has 3 aromatic carbocycles. The van der Waals surface area contributed by atoms with Crippen LogP contribution >= 0.6 is 11.3 Å². The van der Waals surface area contributed by atoms with Crippen LogP contribution in [0.15, 0.2) is 77.8 Å². The highest BCUT2D eigenvalue weighted by atomic mass is 32.1. The first kappa shape index (κ1) is 20.4. The molecule has 0 atom stereocenters. The van der Waals surface area contributed by atoms with Crippen molar-refractivity contribution in [3.63, 3.8) is 0 Å². The summed E-state index contributed by atoms with van der Waals surface area (Å²) in [6.07, 6.45) is 0. The van der Waals surface area contributed by atoms with E-state index in [0.29, 0.717) is 32.7 Å². The second-order valence-electron chi connectivity index (χ2n) is 6.73. The third kappa shape index (κ3) is 4.06. The number of nitro groups is 1. The number of ketones is 1. The van der Waals surface area contributed by atoms with E-state index >= 15 is 0 Å². The van der Waals surface area contributed by atoms with Crippen LogP contribution < -0.4 is 4.80 Å². The van der Waals surface area contributed by atoms with E-state index in [0.717, 1.165) is 5.52 Å². The lowest BCUT2D eigenvalue weighted by atomic mass is 10.0. The maximum absolute atomic E-state index is 12.7. The predicted octanol–water partition coefficient (Wildman–Crippen LogP) is 4.60. The van der Waals surface area contributed by atoms with Crippen molar-refractivity contribution in [2.24, 2.45) is 4.99 Å². The lowest BCUT2D eigenvalue weighted by Crippen LogP contribution is -2.16. The van der Waals surface area contributed by atoms with Gasteiger partial charge >= 0.3 is 0 Å². The predicted molar refractivity (Wildman–Crippen MR) is 118 cm³/mol. The summed E-state index contributed by atoms with van der Waals surface area (Å²) in [5.41, 5.74) is 2.20. The average Bonchev–Trinajstić information content (AvgIpc) is 3.15. The van der Waals surface area contributed by atoms with Crippen LogP contribution in [0.5, 0.6) is 0 Å². The van der Waals surface area contributed by atoms with Crippen LogP contribution in [0.3, 0.4) is 0 Å². The molecule has 4 aromatic rings. The molecule has 0 bridgehead atoms.